The Labute approximate surface area is 191 Å². The number of hydrogen-bond acceptors (Lipinski definition) is 5. The van der Waals surface area contributed by atoms with Crippen molar-refractivity contribution >= 4 is 22.6 Å². The first-order chi connectivity index (χ1) is 16.0. The Hall–Kier alpha value is -3.94. The quantitative estimate of drug-likeness (QED) is 0.426. The van der Waals surface area contributed by atoms with E-state index in [0.29, 0.717) is 25.9 Å². The maximum atomic E-state index is 13.2. The number of fused-ring (bicyclic) bond motifs is 2. The van der Waals surface area contributed by atoms with Crippen molar-refractivity contribution in [3.63, 3.8) is 0 Å². The van der Waals surface area contributed by atoms with Crippen LogP contribution >= 0.6 is 0 Å². The molecular formula is C25H26N6O2. The molecule has 1 aliphatic heterocycles. The molecule has 168 valence electrons. The van der Waals surface area contributed by atoms with Gasteiger partial charge in [0.25, 0.3) is 5.56 Å². The fourth-order valence-electron chi connectivity index (χ4n) is 4.58. The number of nitrogens with zero attached hydrogens (tertiary/aromatic N) is 3. The van der Waals surface area contributed by atoms with Gasteiger partial charge in [0.05, 0.1) is 11.7 Å². The second-order valence-corrected chi connectivity index (χ2v) is 8.69. The summed E-state index contributed by atoms with van der Waals surface area (Å²) >= 11 is 0. The lowest BCUT2D eigenvalue weighted by molar-refractivity contribution is -0.124. The number of amides is 1. The molecule has 1 unspecified atom stereocenters. The number of aromatic amines is 1. The van der Waals surface area contributed by atoms with Gasteiger partial charge in [0, 0.05) is 30.4 Å². The molecule has 2 aromatic carbocycles. The Bertz CT molecular complexity index is 1380. The van der Waals surface area contributed by atoms with Crippen molar-refractivity contribution in [2.24, 2.45) is 0 Å². The first kappa shape index (κ1) is 20.9. The fraction of sp³-hybridized carbons (Fsp3) is 0.280. The molecular weight excluding hydrogens is 416 g/mol. The molecule has 0 fully saturated rings. The summed E-state index contributed by atoms with van der Waals surface area (Å²) in [7, 11) is 0. The fourth-order valence-corrected chi connectivity index (χ4v) is 4.58. The summed E-state index contributed by atoms with van der Waals surface area (Å²) in [6.07, 6.45) is 4.70. The first-order valence-electron chi connectivity index (χ1n) is 11.1. The Morgan fingerprint density at radius 2 is 1.91 bits per heavy atom. The Morgan fingerprint density at radius 3 is 2.73 bits per heavy atom. The lowest BCUT2D eigenvalue weighted by atomic mass is 10.1. The van der Waals surface area contributed by atoms with E-state index in [1.807, 2.05) is 18.2 Å². The van der Waals surface area contributed by atoms with E-state index in [-0.39, 0.29) is 17.3 Å². The average Bonchev–Trinajstić information content (AvgIpc) is 3.43. The van der Waals surface area contributed by atoms with Crippen LogP contribution in [0.15, 0.2) is 53.6 Å². The number of anilines is 1. The van der Waals surface area contributed by atoms with Crippen LogP contribution in [0.5, 0.6) is 0 Å². The zero-order valence-corrected chi connectivity index (χ0v) is 18.7. The molecule has 3 heterocycles. The van der Waals surface area contributed by atoms with E-state index >= 15 is 0 Å². The number of rotatable bonds is 6. The summed E-state index contributed by atoms with van der Waals surface area (Å²) in [5.41, 5.74) is 5.90. The number of carbonyl (C=O) groups is 1. The van der Waals surface area contributed by atoms with Crippen LogP contribution in [0.3, 0.4) is 0 Å². The van der Waals surface area contributed by atoms with E-state index in [1.54, 1.807) is 17.0 Å². The highest BCUT2D eigenvalue weighted by Crippen LogP contribution is 2.24. The topological polar surface area (TPSA) is 105 Å². The third-order valence-corrected chi connectivity index (χ3v) is 6.07. The maximum absolute atomic E-state index is 13.2. The molecule has 1 amide bonds. The van der Waals surface area contributed by atoms with Gasteiger partial charge < -0.3 is 10.6 Å². The molecule has 8 heteroatoms. The van der Waals surface area contributed by atoms with E-state index in [9.17, 15) is 9.59 Å². The van der Waals surface area contributed by atoms with Gasteiger partial charge in [-0.25, -0.2) is 4.98 Å². The SMILES string of the molecule is Cc1cc(C)cc(CNc2ncc3n(c2=O)C(C(=O)NCc2ccc4[nH]ncc4c2)CC3)c1. The minimum atomic E-state index is -0.532. The predicted molar refractivity (Wildman–Crippen MR) is 127 cm³/mol. The molecule has 0 aliphatic carbocycles. The maximum Gasteiger partial charge on any atom is 0.294 e. The molecule has 0 spiro atoms. The molecule has 8 nitrogen and oxygen atoms in total. The van der Waals surface area contributed by atoms with Gasteiger partial charge in [0.15, 0.2) is 5.82 Å². The van der Waals surface area contributed by atoms with E-state index in [4.69, 9.17) is 0 Å². The first-order valence-corrected chi connectivity index (χ1v) is 11.1. The third kappa shape index (κ3) is 4.24. The van der Waals surface area contributed by atoms with Crippen LogP contribution in [0.25, 0.3) is 10.9 Å². The van der Waals surface area contributed by atoms with Crippen LogP contribution in [0.2, 0.25) is 0 Å². The molecule has 0 radical (unpaired) electrons. The number of aromatic nitrogens is 4. The van der Waals surface area contributed by atoms with Crippen molar-refractivity contribution in [2.75, 3.05) is 5.32 Å². The highest BCUT2D eigenvalue weighted by atomic mass is 16.2. The van der Waals surface area contributed by atoms with E-state index in [2.05, 4.69) is 57.9 Å². The largest absolute Gasteiger partial charge is 0.361 e. The summed E-state index contributed by atoms with van der Waals surface area (Å²) in [4.78, 5) is 30.5. The second kappa shape index (κ2) is 8.54. The number of hydrogen-bond donors (Lipinski definition) is 3. The van der Waals surface area contributed by atoms with Crippen molar-refractivity contribution in [1.82, 2.24) is 25.1 Å². The van der Waals surface area contributed by atoms with E-state index in [1.165, 1.54) is 11.1 Å². The van der Waals surface area contributed by atoms with Gasteiger partial charge in [-0.2, -0.15) is 5.10 Å². The summed E-state index contributed by atoms with van der Waals surface area (Å²) in [5.74, 6) is 0.109. The molecule has 1 aliphatic rings. The molecule has 0 saturated carbocycles. The third-order valence-electron chi connectivity index (χ3n) is 6.07. The van der Waals surface area contributed by atoms with Crippen molar-refractivity contribution in [1.29, 1.82) is 0 Å². The van der Waals surface area contributed by atoms with E-state index < -0.39 is 6.04 Å². The number of benzene rings is 2. The highest BCUT2D eigenvalue weighted by Gasteiger charge is 2.30. The molecule has 4 aromatic rings. The Kier molecular flexibility index (Phi) is 5.42. The molecule has 3 N–H and O–H groups in total. The van der Waals surface area contributed by atoms with Gasteiger partial charge in [-0.15, -0.1) is 0 Å². The van der Waals surface area contributed by atoms with Gasteiger partial charge in [-0.3, -0.25) is 19.3 Å². The molecule has 0 bridgehead atoms. The predicted octanol–water partition coefficient (Wildman–Crippen LogP) is 3.15. The minimum Gasteiger partial charge on any atom is -0.361 e. The normalized spacial score (nSPS) is 14.9. The zero-order valence-electron chi connectivity index (χ0n) is 18.7. The average molecular weight is 443 g/mol. The summed E-state index contributed by atoms with van der Waals surface area (Å²) in [6.45, 7) is 4.99. The molecule has 33 heavy (non-hydrogen) atoms. The second-order valence-electron chi connectivity index (χ2n) is 8.69. The van der Waals surface area contributed by atoms with Crippen molar-refractivity contribution in [2.45, 2.75) is 45.8 Å². The van der Waals surface area contributed by atoms with Crippen molar-refractivity contribution in [3.8, 4) is 0 Å². The van der Waals surface area contributed by atoms with Crippen molar-refractivity contribution in [3.05, 3.63) is 87.1 Å². The zero-order chi connectivity index (χ0) is 22.9. The Morgan fingerprint density at radius 1 is 1.09 bits per heavy atom. The molecule has 1 atom stereocenters. The standard InChI is InChI=1S/C25H26N6O2/c1-15-7-16(2)9-18(8-15)12-26-23-25(33)31-20(14-27-23)4-6-22(31)24(32)28-11-17-3-5-21-19(10-17)13-29-30-21/h3,5,7-10,13-14,22H,4,6,11-12H2,1-2H3,(H,26,27)(H,28,32)(H,29,30). The number of H-pyrrole nitrogens is 1. The monoisotopic (exact) mass is 442 g/mol. The number of nitrogens with one attached hydrogen (secondary N) is 3. The smallest absolute Gasteiger partial charge is 0.294 e. The molecule has 0 saturated heterocycles. The lowest BCUT2D eigenvalue weighted by Gasteiger charge is -2.16. The van der Waals surface area contributed by atoms with Gasteiger partial charge in [-0.05, 0) is 49.9 Å². The Balaban J connectivity index is 1.30. The van der Waals surface area contributed by atoms with Crippen LogP contribution in [-0.4, -0.2) is 25.7 Å². The van der Waals surface area contributed by atoms with Crippen LogP contribution in [0.4, 0.5) is 5.82 Å². The van der Waals surface area contributed by atoms with Crippen LogP contribution in [-0.2, 0) is 24.3 Å². The summed E-state index contributed by atoms with van der Waals surface area (Å²) < 4.78 is 1.59. The van der Waals surface area contributed by atoms with Gasteiger partial charge in [-0.1, -0.05) is 35.4 Å². The molecule has 2 aromatic heterocycles. The van der Waals surface area contributed by atoms with Crippen LogP contribution in [0, 0.1) is 13.8 Å². The summed E-state index contributed by atoms with van der Waals surface area (Å²) in [6, 6.07) is 11.6. The van der Waals surface area contributed by atoms with Gasteiger partial charge in [0.1, 0.15) is 6.04 Å². The van der Waals surface area contributed by atoms with E-state index in [0.717, 1.165) is 27.7 Å². The highest BCUT2D eigenvalue weighted by molar-refractivity contribution is 5.81. The molecule has 5 rings (SSSR count). The van der Waals surface area contributed by atoms with Gasteiger partial charge >= 0.3 is 0 Å². The lowest BCUT2D eigenvalue weighted by Crippen LogP contribution is -2.36. The van der Waals surface area contributed by atoms with Crippen LogP contribution < -0.4 is 16.2 Å². The van der Waals surface area contributed by atoms with Crippen molar-refractivity contribution < 1.29 is 4.79 Å². The number of carbonyl (C=O) groups excluding carboxylic acids is 1. The van der Waals surface area contributed by atoms with Gasteiger partial charge in [0.2, 0.25) is 5.91 Å². The number of aryl methyl sites for hydroxylation is 3. The minimum absolute atomic E-state index is 0.158. The van der Waals surface area contributed by atoms with Crippen LogP contribution in [0.1, 0.15) is 40.4 Å². The summed E-state index contributed by atoms with van der Waals surface area (Å²) in [5, 5.41) is 14.1.